The number of rotatable bonds is 8. The second-order valence-corrected chi connectivity index (χ2v) is 9.79. The summed E-state index contributed by atoms with van der Waals surface area (Å²) < 4.78 is 43.5. The fourth-order valence-corrected chi connectivity index (χ4v) is 4.79. The highest BCUT2D eigenvalue weighted by atomic mass is 35.5. The molecule has 0 aliphatic carbocycles. The number of anilines is 1. The predicted octanol–water partition coefficient (Wildman–Crippen LogP) is 4.00. The molecule has 0 saturated heterocycles. The predicted molar refractivity (Wildman–Crippen MR) is 128 cm³/mol. The standard InChI is InChI=1S/C23H18Cl2N2O7S/c24-16-3-5-17(6-4-16)27-35(30,31)21-10-15(2-7-18(21)25)23(29)32-12-22(28)26-11-14-1-8-19-20(9-14)34-13-33-19/h1-10,27H,11-13H2,(H,26,28). The van der Waals surface area contributed by atoms with Gasteiger partial charge in [-0.1, -0.05) is 29.3 Å². The number of hydrogen-bond donors (Lipinski definition) is 2. The Morgan fingerprint density at radius 2 is 1.69 bits per heavy atom. The maximum Gasteiger partial charge on any atom is 0.338 e. The normalized spacial score (nSPS) is 12.2. The molecule has 4 rings (SSSR count). The van der Waals surface area contributed by atoms with Gasteiger partial charge in [0.05, 0.1) is 10.6 Å². The van der Waals surface area contributed by atoms with E-state index in [1.807, 2.05) is 0 Å². The Balaban J connectivity index is 1.35. The van der Waals surface area contributed by atoms with E-state index in [0.717, 1.165) is 11.6 Å². The first-order chi connectivity index (χ1) is 16.7. The first-order valence-corrected chi connectivity index (χ1v) is 12.4. The highest BCUT2D eigenvalue weighted by molar-refractivity contribution is 7.92. The van der Waals surface area contributed by atoms with Crippen LogP contribution in [0.1, 0.15) is 15.9 Å². The topological polar surface area (TPSA) is 120 Å². The Bertz CT molecular complexity index is 1380. The molecule has 0 atom stereocenters. The number of fused-ring (bicyclic) bond motifs is 1. The molecule has 0 unspecified atom stereocenters. The monoisotopic (exact) mass is 536 g/mol. The van der Waals surface area contributed by atoms with Gasteiger partial charge in [0.25, 0.3) is 15.9 Å². The van der Waals surface area contributed by atoms with Gasteiger partial charge in [0.2, 0.25) is 6.79 Å². The van der Waals surface area contributed by atoms with Gasteiger partial charge in [0, 0.05) is 17.3 Å². The van der Waals surface area contributed by atoms with Crippen molar-refractivity contribution in [2.24, 2.45) is 0 Å². The third-order valence-electron chi connectivity index (χ3n) is 4.81. The van der Waals surface area contributed by atoms with E-state index in [-0.39, 0.29) is 34.5 Å². The Labute approximate surface area is 210 Å². The molecule has 12 heteroatoms. The number of halogens is 2. The minimum atomic E-state index is -4.12. The molecule has 2 N–H and O–H groups in total. The van der Waals surface area contributed by atoms with E-state index >= 15 is 0 Å². The molecule has 0 fully saturated rings. The molecule has 3 aromatic carbocycles. The van der Waals surface area contributed by atoms with Crippen LogP contribution >= 0.6 is 23.2 Å². The van der Waals surface area contributed by atoms with Gasteiger partial charge < -0.3 is 19.5 Å². The molecule has 0 saturated carbocycles. The summed E-state index contributed by atoms with van der Waals surface area (Å²) in [6.07, 6.45) is 0. The number of sulfonamides is 1. The molecule has 1 amide bonds. The molecule has 1 heterocycles. The zero-order valence-electron chi connectivity index (χ0n) is 17.9. The molecule has 0 bridgehead atoms. The first kappa shape index (κ1) is 24.6. The van der Waals surface area contributed by atoms with Crippen molar-refractivity contribution >= 4 is 50.8 Å². The lowest BCUT2D eigenvalue weighted by atomic mass is 10.2. The van der Waals surface area contributed by atoms with Crippen LogP contribution in [0.5, 0.6) is 11.5 Å². The molecule has 1 aliphatic heterocycles. The van der Waals surface area contributed by atoms with Crippen LogP contribution in [0.3, 0.4) is 0 Å². The SMILES string of the molecule is O=C(COC(=O)c1ccc(Cl)c(S(=O)(=O)Nc2ccc(Cl)cc2)c1)NCc1ccc2c(c1)OCO2. The lowest BCUT2D eigenvalue weighted by Gasteiger charge is -2.11. The van der Waals surface area contributed by atoms with Crippen LogP contribution in [0.2, 0.25) is 10.0 Å². The van der Waals surface area contributed by atoms with Gasteiger partial charge in [-0.3, -0.25) is 9.52 Å². The smallest absolute Gasteiger partial charge is 0.338 e. The van der Waals surface area contributed by atoms with Crippen LogP contribution in [0.25, 0.3) is 0 Å². The Kier molecular flexibility index (Phi) is 7.34. The van der Waals surface area contributed by atoms with E-state index in [9.17, 15) is 18.0 Å². The third-order valence-corrected chi connectivity index (χ3v) is 6.93. The molecular weight excluding hydrogens is 519 g/mol. The van der Waals surface area contributed by atoms with Gasteiger partial charge in [-0.15, -0.1) is 0 Å². The van der Waals surface area contributed by atoms with Crippen LogP contribution in [0, 0.1) is 0 Å². The summed E-state index contributed by atoms with van der Waals surface area (Å²) in [6.45, 7) is -0.226. The summed E-state index contributed by atoms with van der Waals surface area (Å²) in [5, 5.41) is 2.97. The molecule has 0 spiro atoms. The number of carbonyl (C=O) groups is 2. The average molecular weight is 537 g/mol. The average Bonchev–Trinajstić information content (AvgIpc) is 3.30. The zero-order chi connectivity index (χ0) is 25.0. The lowest BCUT2D eigenvalue weighted by Crippen LogP contribution is -2.28. The van der Waals surface area contributed by atoms with Crippen molar-refractivity contribution in [3.63, 3.8) is 0 Å². The number of carbonyl (C=O) groups excluding carboxylic acids is 2. The van der Waals surface area contributed by atoms with Gasteiger partial charge in [-0.05, 0) is 60.2 Å². The van der Waals surface area contributed by atoms with Gasteiger partial charge in [-0.25, -0.2) is 13.2 Å². The second-order valence-electron chi connectivity index (χ2n) is 7.30. The van der Waals surface area contributed by atoms with E-state index < -0.39 is 28.5 Å². The number of benzene rings is 3. The van der Waals surface area contributed by atoms with Crippen molar-refractivity contribution in [2.75, 3.05) is 18.1 Å². The quantitative estimate of drug-likeness (QED) is 0.417. The highest BCUT2D eigenvalue weighted by Crippen LogP contribution is 2.32. The third kappa shape index (κ3) is 6.16. The van der Waals surface area contributed by atoms with E-state index in [0.29, 0.717) is 16.5 Å². The second kappa shape index (κ2) is 10.4. The van der Waals surface area contributed by atoms with E-state index in [4.69, 9.17) is 37.4 Å². The Morgan fingerprint density at radius 1 is 0.943 bits per heavy atom. The molecule has 3 aromatic rings. The summed E-state index contributed by atoms with van der Waals surface area (Å²) in [5.74, 6) is -0.214. The minimum Gasteiger partial charge on any atom is -0.454 e. The number of ether oxygens (including phenoxy) is 3. The van der Waals surface area contributed by atoms with E-state index in [1.54, 1.807) is 18.2 Å². The Morgan fingerprint density at radius 3 is 2.46 bits per heavy atom. The van der Waals surface area contributed by atoms with Crippen molar-refractivity contribution < 1.29 is 32.2 Å². The van der Waals surface area contributed by atoms with Crippen LogP contribution in [-0.2, 0) is 26.1 Å². The van der Waals surface area contributed by atoms with Gasteiger partial charge >= 0.3 is 5.97 Å². The molecule has 0 aromatic heterocycles. The molecule has 182 valence electrons. The van der Waals surface area contributed by atoms with Crippen molar-refractivity contribution in [1.82, 2.24) is 5.32 Å². The number of esters is 1. The van der Waals surface area contributed by atoms with Crippen LogP contribution in [0.15, 0.2) is 65.6 Å². The highest BCUT2D eigenvalue weighted by Gasteiger charge is 2.21. The van der Waals surface area contributed by atoms with Crippen molar-refractivity contribution in [3.05, 3.63) is 81.8 Å². The van der Waals surface area contributed by atoms with Crippen LogP contribution < -0.4 is 19.5 Å². The van der Waals surface area contributed by atoms with Gasteiger partial charge in [0.15, 0.2) is 18.1 Å². The number of nitrogens with one attached hydrogen (secondary N) is 2. The van der Waals surface area contributed by atoms with Crippen LogP contribution in [-0.4, -0.2) is 33.7 Å². The molecule has 1 aliphatic rings. The van der Waals surface area contributed by atoms with Crippen LogP contribution in [0.4, 0.5) is 5.69 Å². The summed E-state index contributed by atoms with van der Waals surface area (Å²) in [6, 6.07) is 14.9. The van der Waals surface area contributed by atoms with E-state index in [1.165, 1.54) is 36.4 Å². The van der Waals surface area contributed by atoms with Gasteiger partial charge in [-0.2, -0.15) is 0 Å². The lowest BCUT2D eigenvalue weighted by molar-refractivity contribution is -0.124. The summed E-state index contributed by atoms with van der Waals surface area (Å²) >= 11 is 11.9. The fourth-order valence-electron chi connectivity index (χ4n) is 3.08. The maximum atomic E-state index is 12.8. The number of amides is 1. The fraction of sp³-hybridized carbons (Fsp3) is 0.130. The summed E-state index contributed by atoms with van der Waals surface area (Å²) in [4.78, 5) is 24.2. The summed E-state index contributed by atoms with van der Waals surface area (Å²) in [7, 11) is -4.12. The zero-order valence-corrected chi connectivity index (χ0v) is 20.2. The number of hydrogen-bond acceptors (Lipinski definition) is 7. The molecule has 0 radical (unpaired) electrons. The minimum absolute atomic E-state index is 0.0885. The molecule has 9 nitrogen and oxygen atoms in total. The summed E-state index contributed by atoms with van der Waals surface area (Å²) in [5.41, 5.74) is 0.946. The first-order valence-electron chi connectivity index (χ1n) is 10.1. The van der Waals surface area contributed by atoms with E-state index in [2.05, 4.69) is 10.0 Å². The molecular formula is C23H18Cl2N2O7S. The van der Waals surface area contributed by atoms with Crippen molar-refractivity contribution in [2.45, 2.75) is 11.4 Å². The Hall–Kier alpha value is -3.47. The molecule has 35 heavy (non-hydrogen) atoms. The van der Waals surface area contributed by atoms with Crippen molar-refractivity contribution in [1.29, 1.82) is 0 Å². The largest absolute Gasteiger partial charge is 0.454 e. The maximum absolute atomic E-state index is 12.8. The van der Waals surface area contributed by atoms with Gasteiger partial charge in [0.1, 0.15) is 4.90 Å². The van der Waals surface area contributed by atoms with Crippen molar-refractivity contribution in [3.8, 4) is 11.5 Å².